The van der Waals surface area contributed by atoms with Crippen LogP contribution in [-0.2, 0) is 11.2 Å². The van der Waals surface area contributed by atoms with Gasteiger partial charge in [0.1, 0.15) is 11.0 Å². The smallest absolute Gasteiger partial charge is 0.317 e. The first-order chi connectivity index (χ1) is 8.83. The number of hydrogen-bond donors (Lipinski definition) is 0. The molecule has 0 unspecified atom stereocenters. The zero-order valence-corrected chi connectivity index (χ0v) is 10.1. The van der Waals surface area contributed by atoms with Gasteiger partial charge in [0.05, 0.1) is 6.42 Å². The molecule has 90 valence electrons. The van der Waals surface area contributed by atoms with Crippen molar-refractivity contribution in [2.45, 2.75) is 6.42 Å². The third-order valence-corrected chi connectivity index (χ3v) is 3.28. The number of carbonyl (C=O) groups excluding carboxylic acids is 1. The highest BCUT2D eigenvalue weighted by Gasteiger charge is 2.10. The van der Waals surface area contributed by atoms with Gasteiger partial charge in [-0.05, 0) is 28.8 Å². The van der Waals surface area contributed by atoms with E-state index in [1.54, 1.807) is 6.07 Å². The van der Waals surface area contributed by atoms with Gasteiger partial charge < -0.3 is 4.84 Å². The average molecular weight is 259 g/mol. The van der Waals surface area contributed by atoms with Crippen molar-refractivity contribution in [2.75, 3.05) is 0 Å². The van der Waals surface area contributed by atoms with Crippen molar-refractivity contribution in [3.8, 4) is 0 Å². The fourth-order valence-corrected chi connectivity index (χ4v) is 2.29. The molecule has 5 nitrogen and oxygen atoms in total. The predicted octanol–water partition coefficient (Wildman–Crippen LogP) is 1.69. The molecule has 3 aromatic rings. The summed E-state index contributed by atoms with van der Waals surface area (Å²) in [6.07, 6.45) is 0.242. The Morgan fingerprint density at radius 1 is 1.28 bits per heavy atom. The fourth-order valence-electron chi connectivity index (χ4n) is 1.60. The Hall–Kier alpha value is -2.21. The Kier molecular flexibility index (Phi) is 2.77. The summed E-state index contributed by atoms with van der Waals surface area (Å²) < 4.78 is 0. The molecule has 0 aliphatic heterocycles. The SMILES string of the molecule is O=C(Cc1cccs1)On1nnc2ccccc21. The Labute approximate surface area is 107 Å². The highest BCUT2D eigenvalue weighted by Crippen LogP contribution is 2.11. The van der Waals surface area contributed by atoms with Crippen LogP contribution in [-0.4, -0.2) is 21.1 Å². The number of fused-ring (bicyclic) bond motifs is 1. The molecule has 0 fully saturated rings. The molecule has 0 atom stereocenters. The van der Waals surface area contributed by atoms with E-state index in [1.807, 2.05) is 35.7 Å². The summed E-state index contributed by atoms with van der Waals surface area (Å²) >= 11 is 1.52. The molecule has 3 rings (SSSR count). The Morgan fingerprint density at radius 2 is 2.17 bits per heavy atom. The number of carbonyl (C=O) groups is 1. The second-order valence-corrected chi connectivity index (χ2v) is 4.70. The van der Waals surface area contributed by atoms with Gasteiger partial charge in [-0.1, -0.05) is 23.0 Å². The molecule has 0 radical (unpaired) electrons. The third kappa shape index (κ3) is 2.10. The van der Waals surface area contributed by atoms with Crippen molar-refractivity contribution in [2.24, 2.45) is 0 Å². The van der Waals surface area contributed by atoms with Gasteiger partial charge in [-0.3, -0.25) is 0 Å². The third-order valence-electron chi connectivity index (χ3n) is 2.41. The van der Waals surface area contributed by atoms with Crippen LogP contribution in [0.1, 0.15) is 4.88 Å². The number of rotatable bonds is 3. The highest BCUT2D eigenvalue weighted by molar-refractivity contribution is 7.10. The normalized spacial score (nSPS) is 10.7. The molecule has 18 heavy (non-hydrogen) atoms. The number of aromatic nitrogens is 3. The Balaban J connectivity index is 1.78. The van der Waals surface area contributed by atoms with Gasteiger partial charge in [-0.25, -0.2) is 4.79 Å². The lowest BCUT2D eigenvalue weighted by Gasteiger charge is -2.01. The largest absolute Gasteiger partial charge is 0.340 e. The first-order valence-electron chi connectivity index (χ1n) is 5.37. The summed E-state index contributed by atoms with van der Waals surface area (Å²) in [7, 11) is 0. The first-order valence-corrected chi connectivity index (χ1v) is 6.25. The minimum atomic E-state index is -0.354. The van der Waals surface area contributed by atoms with Crippen LogP contribution in [0.25, 0.3) is 11.0 Å². The van der Waals surface area contributed by atoms with E-state index in [4.69, 9.17) is 4.84 Å². The summed E-state index contributed by atoms with van der Waals surface area (Å²) in [5.74, 6) is -0.354. The monoisotopic (exact) mass is 259 g/mol. The maximum absolute atomic E-state index is 11.7. The first kappa shape index (κ1) is 10.9. The van der Waals surface area contributed by atoms with Crippen molar-refractivity contribution in [3.05, 3.63) is 46.7 Å². The zero-order valence-electron chi connectivity index (χ0n) is 9.31. The van der Waals surface area contributed by atoms with Gasteiger partial charge >= 0.3 is 5.97 Å². The molecule has 0 spiro atoms. The van der Waals surface area contributed by atoms with E-state index in [0.717, 1.165) is 9.72 Å². The van der Waals surface area contributed by atoms with Crippen LogP contribution in [0.15, 0.2) is 41.8 Å². The molecule has 0 aliphatic rings. The van der Waals surface area contributed by atoms with Crippen LogP contribution in [0.3, 0.4) is 0 Å². The van der Waals surface area contributed by atoms with E-state index in [-0.39, 0.29) is 12.4 Å². The number of hydrogen-bond acceptors (Lipinski definition) is 5. The van der Waals surface area contributed by atoms with Crippen molar-refractivity contribution >= 4 is 28.3 Å². The van der Waals surface area contributed by atoms with Crippen molar-refractivity contribution in [1.82, 2.24) is 15.2 Å². The Bertz CT molecular complexity index is 676. The van der Waals surface area contributed by atoms with E-state index in [9.17, 15) is 4.79 Å². The topological polar surface area (TPSA) is 57.0 Å². The highest BCUT2D eigenvalue weighted by atomic mass is 32.1. The molecule has 1 aromatic carbocycles. The number of para-hydroxylation sites is 1. The summed E-state index contributed by atoms with van der Waals surface area (Å²) in [5.41, 5.74) is 1.37. The van der Waals surface area contributed by atoms with Crippen LogP contribution in [0.2, 0.25) is 0 Å². The molecule has 0 aliphatic carbocycles. The summed E-state index contributed by atoms with van der Waals surface area (Å²) in [4.78, 5) is 19.0. The minimum absolute atomic E-state index is 0.242. The van der Waals surface area contributed by atoms with Crippen molar-refractivity contribution in [1.29, 1.82) is 0 Å². The minimum Gasteiger partial charge on any atom is -0.317 e. The van der Waals surface area contributed by atoms with Crippen LogP contribution >= 0.6 is 11.3 Å². The van der Waals surface area contributed by atoms with Gasteiger partial charge in [-0.15, -0.1) is 16.4 Å². The van der Waals surface area contributed by atoms with Crippen molar-refractivity contribution in [3.63, 3.8) is 0 Å². The van der Waals surface area contributed by atoms with Gasteiger partial charge in [0.15, 0.2) is 0 Å². The molecular formula is C12H9N3O2S. The molecule has 0 N–H and O–H groups in total. The van der Waals surface area contributed by atoms with Gasteiger partial charge in [0, 0.05) is 4.88 Å². The number of nitrogens with zero attached hydrogens (tertiary/aromatic N) is 3. The van der Waals surface area contributed by atoms with Gasteiger partial charge in [0.2, 0.25) is 0 Å². The standard InChI is InChI=1S/C12H9N3O2S/c16-12(8-9-4-3-7-18-9)17-15-11-6-2-1-5-10(11)13-14-15/h1-7H,8H2. The average Bonchev–Trinajstić information content (AvgIpc) is 3.00. The van der Waals surface area contributed by atoms with E-state index in [0.29, 0.717) is 11.0 Å². The van der Waals surface area contributed by atoms with Crippen LogP contribution < -0.4 is 4.84 Å². The molecule has 2 aromatic heterocycles. The van der Waals surface area contributed by atoms with Gasteiger partial charge in [0.25, 0.3) is 0 Å². The van der Waals surface area contributed by atoms with E-state index >= 15 is 0 Å². The quantitative estimate of drug-likeness (QED) is 0.672. The molecule has 6 heteroatoms. The lowest BCUT2D eigenvalue weighted by molar-refractivity contribution is -0.144. The number of benzene rings is 1. The Morgan fingerprint density at radius 3 is 3.00 bits per heavy atom. The van der Waals surface area contributed by atoms with Crippen LogP contribution in [0, 0.1) is 0 Å². The maximum atomic E-state index is 11.7. The lowest BCUT2D eigenvalue weighted by Crippen LogP contribution is -2.22. The molecule has 2 heterocycles. The molecule has 0 saturated heterocycles. The van der Waals surface area contributed by atoms with E-state index in [1.165, 1.54) is 11.3 Å². The predicted molar refractivity (Wildman–Crippen MR) is 67.1 cm³/mol. The summed E-state index contributed by atoms with van der Waals surface area (Å²) in [5, 5.41) is 9.62. The summed E-state index contributed by atoms with van der Waals surface area (Å²) in [6, 6.07) is 11.1. The van der Waals surface area contributed by atoms with E-state index in [2.05, 4.69) is 10.3 Å². The van der Waals surface area contributed by atoms with Gasteiger partial charge in [-0.2, -0.15) is 0 Å². The van der Waals surface area contributed by atoms with Crippen LogP contribution in [0.5, 0.6) is 0 Å². The van der Waals surface area contributed by atoms with Crippen LogP contribution in [0.4, 0.5) is 0 Å². The van der Waals surface area contributed by atoms with Crippen molar-refractivity contribution < 1.29 is 9.63 Å². The summed E-state index contributed by atoms with van der Waals surface area (Å²) in [6.45, 7) is 0. The zero-order chi connectivity index (χ0) is 12.4. The molecule has 0 amide bonds. The molecule has 0 bridgehead atoms. The van der Waals surface area contributed by atoms with E-state index < -0.39 is 0 Å². The molecule has 0 saturated carbocycles. The fraction of sp³-hybridized carbons (Fsp3) is 0.0833. The second kappa shape index (κ2) is 4.58. The maximum Gasteiger partial charge on any atom is 0.340 e. The lowest BCUT2D eigenvalue weighted by atomic mass is 10.3. The molecular weight excluding hydrogens is 250 g/mol. The number of thiophene rings is 1. The second-order valence-electron chi connectivity index (χ2n) is 3.67.